The van der Waals surface area contributed by atoms with Gasteiger partial charge in [-0.1, -0.05) is 15.9 Å². The van der Waals surface area contributed by atoms with Gasteiger partial charge >= 0.3 is 0 Å². The summed E-state index contributed by atoms with van der Waals surface area (Å²) in [5, 5.41) is 0. The van der Waals surface area contributed by atoms with Gasteiger partial charge in [-0.05, 0) is 29.8 Å². The van der Waals surface area contributed by atoms with E-state index in [0.717, 1.165) is 22.1 Å². The fourth-order valence-corrected chi connectivity index (χ4v) is 2.00. The molecule has 0 unspecified atom stereocenters. The molecule has 0 aliphatic carbocycles. The number of benzene rings is 1. The number of rotatable bonds is 4. The number of halogens is 1. The number of hydrogen-bond donors (Lipinski definition) is 0. The predicted molar refractivity (Wildman–Crippen MR) is 69.6 cm³/mol. The van der Waals surface area contributed by atoms with Crippen molar-refractivity contribution in [2.75, 3.05) is 7.11 Å². The molecule has 3 nitrogen and oxygen atoms in total. The third-order valence-corrected chi connectivity index (χ3v) is 3.29. The molecule has 2 aromatic rings. The Bertz CT molecular complexity index is 534. The van der Waals surface area contributed by atoms with Gasteiger partial charge < -0.3 is 9.30 Å². The van der Waals surface area contributed by atoms with Crippen LogP contribution in [0.3, 0.4) is 0 Å². The smallest absolute Gasteiger partial charge is 0.151 e. The fourth-order valence-electron chi connectivity index (χ4n) is 1.62. The Balaban J connectivity index is 2.25. The van der Waals surface area contributed by atoms with Crippen LogP contribution in [0.5, 0.6) is 5.75 Å². The summed E-state index contributed by atoms with van der Waals surface area (Å²) < 4.78 is 8.18. The summed E-state index contributed by atoms with van der Waals surface area (Å²) in [6.45, 7) is 0.700. The van der Waals surface area contributed by atoms with Crippen molar-refractivity contribution >= 4 is 22.2 Å². The molecule has 0 bridgehead atoms. The minimum absolute atomic E-state index is 0.684. The molecule has 0 aliphatic rings. The first-order valence-corrected chi connectivity index (χ1v) is 5.95. The quantitative estimate of drug-likeness (QED) is 0.811. The van der Waals surface area contributed by atoms with Gasteiger partial charge in [-0.2, -0.15) is 0 Å². The second-order valence-corrected chi connectivity index (χ2v) is 4.55. The summed E-state index contributed by atoms with van der Waals surface area (Å²) >= 11 is 3.50. The number of nitrogens with zero attached hydrogens (tertiary/aromatic N) is 1. The van der Waals surface area contributed by atoms with Crippen LogP contribution < -0.4 is 4.74 Å². The summed E-state index contributed by atoms with van der Waals surface area (Å²) in [5.41, 5.74) is 1.79. The zero-order valence-electron chi connectivity index (χ0n) is 9.39. The van der Waals surface area contributed by atoms with Crippen LogP contribution in [0.15, 0.2) is 41.1 Å². The summed E-state index contributed by atoms with van der Waals surface area (Å²) in [6, 6.07) is 7.63. The van der Waals surface area contributed by atoms with Crippen molar-refractivity contribution in [1.82, 2.24) is 4.57 Å². The van der Waals surface area contributed by atoms with Crippen LogP contribution in [0.25, 0.3) is 0 Å². The van der Waals surface area contributed by atoms with E-state index in [4.69, 9.17) is 4.74 Å². The van der Waals surface area contributed by atoms with Crippen molar-refractivity contribution in [2.45, 2.75) is 6.54 Å². The Morgan fingerprint density at radius 2 is 2.24 bits per heavy atom. The van der Waals surface area contributed by atoms with Gasteiger partial charge in [0.25, 0.3) is 0 Å². The topological polar surface area (TPSA) is 31.2 Å². The van der Waals surface area contributed by atoms with Crippen molar-refractivity contribution in [2.24, 2.45) is 0 Å². The molecule has 1 aromatic carbocycles. The molecule has 0 N–H and O–H groups in total. The summed E-state index contributed by atoms with van der Waals surface area (Å²) in [7, 11) is 1.65. The van der Waals surface area contributed by atoms with Crippen molar-refractivity contribution in [1.29, 1.82) is 0 Å². The number of aromatic nitrogens is 1. The molecule has 0 atom stereocenters. The Labute approximate surface area is 108 Å². The van der Waals surface area contributed by atoms with Gasteiger partial charge in [0, 0.05) is 29.0 Å². The van der Waals surface area contributed by atoms with Gasteiger partial charge in [-0.3, -0.25) is 4.79 Å². The minimum atomic E-state index is 0.684. The van der Waals surface area contributed by atoms with Crippen LogP contribution in [0.4, 0.5) is 0 Å². The zero-order valence-corrected chi connectivity index (χ0v) is 11.0. The van der Waals surface area contributed by atoms with E-state index < -0.39 is 0 Å². The molecule has 0 aliphatic heterocycles. The maximum Gasteiger partial charge on any atom is 0.151 e. The molecule has 1 heterocycles. The Kier molecular flexibility index (Phi) is 3.64. The van der Waals surface area contributed by atoms with Gasteiger partial charge in [0.15, 0.2) is 6.29 Å². The molecule has 0 fully saturated rings. The largest absolute Gasteiger partial charge is 0.497 e. The first-order valence-electron chi connectivity index (χ1n) is 5.16. The van der Waals surface area contributed by atoms with Crippen LogP contribution in [-0.4, -0.2) is 18.0 Å². The molecule has 2 rings (SSSR count). The minimum Gasteiger partial charge on any atom is -0.497 e. The number of carbonyl (C=O) groups excluding carboxylic acids is 1. The van der Waals surface area contributed by atoms with E-state index in [2.05, 4.69) is 15.9 Å². The van der Waals surface area contributed by atoms with Crippen molar-refractivity contribution in [3.8, 4) is 5.75 Å². The average Bonchev–Trinajstić information content (AvgIpc) is 2.80. The highest BCUT2D eigenvalue weighted by atomic mass is 79.9. The molecule has 0 saturated carbocycles. The number of hydrogen-bond acceptors (Lipinski definition) is 2. The maximum absolute atomic E-state index is 10.6. The SMILES string of the molecule is COc1ccc(Br)c(Cn2ccc(C=O)c2)c1. The van der Waals surface area contributed by atoms with Gasteiger partial charge in [0.2, 0.25) is 0 Å². The monoisotopic (exact) mass is 293 g/mol. The number of carbonyl (C=O) groups is 1. The second kappa shape index (κ2) is 5.19. The highest BCUT2D eigenvalue weighted by Crippen LogP contribution is 2.23. The van der Waals surface area contributed by atoms with E-state index in [1.54, 1.807) is 13.2 Å². The van der Waals surface area contributed by atoms with E-state index in [9.17, 15) is 4.79 Å². The van der Waals surface area contributed by atoms with Crippen LogP contribution in [-0.2, 0) is 6.54 Å². The van der Waals surface area contributed by atoms with Crippen molar-refractivity contribution in [3.05, 3.63) is 52.3 Å². The summed E-state index contributed by atoms with van der Waals surface area (Å²) in [6.07, 6.45) is 4.55. The van der Waals surface area contributed by atoms with E-state index in [-0.39, 0.29) is 0 Å². The van der Waals surface area contributed by atoms with Crippen LogP contribution >= 0.6 is 15.9 Å². The van der Waals surface area contributed by atoms with E-state index in [1.807, 2.05) is 35.2 Å². The third kappa shape index (κ3) is 2.77. The fraction of sp³-hybridized carbons (Fsp3) is 0.154. The lowest BCUT2D eigenvalue weighted by Crippen LogP contribution is -1.98. The third-order valence-electron chi connectivity index (χ3n) is 2.52. The standard InChI is InChI=1S/C13H12BrNO2/c1-17-12-2-3-13(14)11(6-12)8-15-5-4-10(7-15)9-16/h2-7,9H,8H2,1H3. The van der Waals surface area contributed by atoms with Crippen LogP contribution in [0.1, 0.15) is 15.9 Å². The molecule has 1 aromatic heterocycles. The highest BCUT2D eigenvalue weighted by molar-refractivity contribution is 9.10. The summed E-state index contributed by atoms with van der Waals surface area (Å²) in [4.78, 5) is 10.6. The molecule has 4 heteroatoms. The molecule has 17 heavy (non-hydrogen) atoms. The summed E-state index contributed by atoms with van der Waals surface area (Å²) in [5.74, 6) is 0.825. The number of ether oxygens (including phenoxy) is 1. The molecule has 0 saturated heterocycles. The van der Waals surface area contributed by atoms with E-state index >= 15 is 0 Å². The lowest BCUT2D eigenvalue weighted by Gasteiger charge is -2.08. The van der Waals surface area contributed by atoms with Crippen LogP contribution in [0, 0.1) is 0 Å². The molecule has 88 valence electrons. The molecular weight excluding hydrogens is 282 g/mol. The van der Waals surface area contributed by atoms with Crippen molar-refractivity contribution < 1.29 is 9.53 Å². The molecular formula is C13H12BrNO2. The van der Waals surface area contributed by atoms with Gasteiger partial charge in [0.05, 0.1) is 7.11 Å². The molecule has 0 radical (unpaired) electrons. The van der Waals surface area contributed by atoms with E-state index in [0.29, 0.717) is 12.1 Å². The van der Waals surface area contributed by atoms with E-state index in [1.165, 1.54) is 0 Å². The zero-order chi connectivity index (χ0) is 12.3. The predicted octanol–water partition coefficient (Wildman–Crippen LogP) is 3.12. The van der Waals surface area contributed by atoms with Gasteiger partial charge in [-0.15, -0.1) is 0 Å². The number of methoxy groups -OCH3 is 1. The average molecular weight is 294 g/mol. The lowest BCUT2D eigenvalue weighted by molar-refractivity contribution is 0.112. The highest BCUT2D eigenvalue weighted by Gasteiger charge is 2.03. The number of aldehydes is 1. The molecule has 0 spiro atoms. The first-order chi connectivity index (χ1) is 8.22. The van der Waals surface area contributed by atoms with Gasteiger partial charge in [0.1, 0.15) is 5.75 Å². The maximum atomic E-state index is 10.6. The van der Waals surface area contributed by atoms with Gasteiger partial charge in [-0.25, -0.2) is 0 Å². The molecule has 0 amide bonds. The van der Waals surface area contributed by atoms with Crippen molar-refractivity contribution in [3.63, 3.8) is 0 Å². The normalized spacial score (nSPS) is 10.2. The first kappa shape index (κ1) is 11.9. The second-order valence-electron chi connectivity index (χ2n) is 3.69. The lowest BCUT2D eigenvalue weighted by atomic mass is 10.2. The Hall–Kier alpha value is -1.55. The van der Waals surface area contributed by atoms with Crippen LogP contribution in [0.2, 0.25) is 0 Å². The Morgan fingerprint density at radius 1 is 1.41 bits per heavy atom. The Morgan fingerprint density at radius 3 is 2.88 bits per heavy atom.